The third-order valence-electron chi connectivity index (χ3n) is 7.07. The van der Waals surface area contributed by atoms with E-state index >= 15 is 0 Å². The SMILES string of the molecule is CCC(=O)Nc1ccc(N2C(=S)N[C@H](c3ccccn3)[C@@H]2c2cc(C)n(-c3ccc(C)cn3)c2C)cc1OC. The van der Waals surface area contributed by atoms with Crippen molar-refractivity contribution in [2.45, 2.75) is 46.2 Å². The molecule has 1 saturated heterocycles. The Morgan fingerprint density at radius 2 is 1.92 bits per heavy atom. The second-order valence-corrected chi connectivity index (χ2v) is 10.0. The number of pyridine rings is 2. The van der Waals surface area contributed by atoms with Crippen molar-refractivity contribution in [2.24, 2.45) is 0 Å². The van der Waals surface area contributed by atoms with Crippen molar-refractivity contribution in [3.05, 3.63) is 95.2 Å². The predicted octanol–water partition coefficient (Wildman–Crippen LogP) is 5.73. The molecule has 1 aliphatic rings. The summed E-state index contributed by atoms with van der Waals surface area (Å²) in [5.74, 6) is 1.35. The van der Waals surface area contributed by atoms with Crippen LogP contribution < -0.4 is 20.3 Å². The third-order valence-corrected chi connectivity index (χ3v) is 7.38. The normalized spacial score (nSPS) is 16.7. The number of carbonyl (C=O) groups excluding carboxylic acids is 1. The highest BCUT2D eigenvalue weighted by molar-refractivity contribution is 7.80. The molecule has 39 heavy (non-hydrogen) atoms. The van der Waals surface area contributed by atoms with Gasteiger partial charge in [-0.2, -0.15) is 0 Å². The zero-order valence-electron chi connectivity index (χ0n) is 22.7. The lowest BCUT2D eigenvalue weighted by Gasteiger charge is -2.28. The van der Waals surface area contributed by atoms with Gasteiger partial charge in [0.05, 0.1) is 30.6 Å². The first-order chi connectivity index (χ1) is 18.8. The summed E-state index contributed by atoms with van der Waals surface area (Å²) < 4.78 is 7.84. The van der Waals surface area contributed by atoms with Gasteiger partial charge in [-0.15, -0.1) is 0 Å². The molecule has 4 aromatic rings. The topological polar surface area (TPSA) is 84.3 Å². The summed E-state index contributed by atoms with van der Waals surface area (Å²) in [6, 6.07) is 17.6. The van der Waals surface area contributed by atoms with Crippen LogP contribution in [0.3, 0.4) is 0 Å². The molecular weight excluding hydrogens is 508 g/mol. The number of nitrogens with one attached hydrogen (secondary N) is 2. The van der Waals surface area contributed by atoms with E-state index in [1.54, 1.807) is 13.3 Å². The highest BCUT2D eigenvalue weighted by atomic mass is 32.1. The first-order valence-corrected chi connectivity index (χ1v) is 13.3. The van der Waals surface area contributed by atoms with Crippen LogP contribution in [0.15, 0.2) is 67.0 Å². The fourth-order valence-electron chi connectivity index (χ4n) is 5.15. The third kappa shape index (κ3) is 4.97. The number of carbonyl (C=O) groups is 1. The van der Waals surface area contributed by atoms with Gasteiger partial charge >= 0.3 is 0 Å². The molecule has 1 amide bonds. The van der Waals surface area contributed by atoms with E-state index in [1.165, 1.54) is 0 Å². The molecule has 5 rings (SSSR count). The summed E-state index contributed by atoms with van der Waals surface area (Å²) >= 11 is 5.93. The van der Waals surface area contributed by atoms with Gasteiger partial charge in [0.25, 0.3) is 0 Å². The number of aromatic nitrogens is 3. The Morgan fingerprint density at radius 3 is 2.59 bits per heavy atom. The zero-order chi connectivity index (χ0) is 27.7. The first kappa shape index (κ1) is 26.4. The summed E-state index contributed by atoms with van der Waals surface area (Å²) in [5.41, 5.74) is 6.73. The van der Waals surface area contributed by atoms with E-state index in [0.717, 1.165) is 39.7 Å². The predicted molar refractivity (Wildman–Crippen MR) is 158 cm³/mol. The monoisotopic (exact) mass is 540 g/mol. The first-order valence-electron chi connectivity index (χ1n) is 12.9. The molecule has 8 nitrogen and oxygen atoms in total. The van der Waals surface area contributed by atoms with Gasteiger partial charge in [0, 0.05) is 42.0 Å². The van der Waals surface area contributed by atoms with Crippen LogP contribution >= 0.6 is 12.2 Å². The molecule has 4 heterocycles. The van der Waals surface area contributed by atoms with Crippen LogP contribution in [0.2, 0.25) is 0 Å². The zero-order valence-corrected chi connectivity index (χ0v) is 23.5. The molecule has 1 aliphatic heterocycles. The van der Waals surface area contributed by atoms with Crippen LogP contribution in [0.1, 0.15) is 53.6 Å². The molecule has 0 spiro atoms. The van der Waals surface area contributed by atoms with E-state index in [-0.39, 0.29) is 18.0 Å². The molecule has 2 N–H and O–H groups in total. The van der Waals surface area contributed by atoms with Crippen LogP contribution in [0.25, 0.3) is 5.82 Å². The number of nitrogens with zero attached hydrogens (tertiary/aromatic N) is 4. The molecule has 2 atom stereocenters. The smallest absolute Gasteiger partial charge is 0.224 e. The van der Waals surface area contributed by atoms with Gasteiger partial charge in [-0.3, -0.25) is 9.78 Å². The van der Waals surface area contributed by atoms with E-state index in [9.17, 15) is 4.79 Å². The van der Waals surface area contributed by atoms with Crippen LogP contribution in [-0.4, -0.2) is 32.7 Å². The molecule has 0 aliphatic carbocycles. The molecule has 0 radical (unpaired) electrons. The number of methoxy groups -OCH3 is 1. The van der Waals surface area contributed by atoms with Gasteiger partial charge in [0.15, 0.2) is 5.11 Å². The Morgan fingerprint density at radius 1 is 1.10 bits per heavy atom. The number of thiocarbonyl (C=S) groups is 1. The van der Waals surface area contributed by atoms with Crippen molar-refractivity contribution in [1.82, 2.24) is 19.9 Å². The summed E-state index contributed by atoms with van der Waals surface area (Å²) in [4.78, 5) is 23.5. The summed E-state index contributed by atoms with van der Waals surface area (Å²) in [7, 11) is 1.59. The molecule has 0 bridgehead atoms. The van der Waals surface area contributed by atoms with Crippen LogP contribution in [0.5, 0.6) is 5.75 Å². The number of ether oxygens (including phenoxy) is 1. The lowest BCUT2D eigenvalue weighted by molar-refractivity contribution is -0.115. The lowest BCUT2D eigenvalue weighted by Crippen LogP contribution is -2.29. The molecule has 1 fully saturated rings. The largest absolute Gasteiger partial charge is 0.494 e. The Bertz CT molecular complexity index is 1520. The van der Waals surface area contributed by atoms with Gasteiger partial charge < -0.3 is 24.8 Å². The number of benzene rings is 1. The maximum Gasteiger partial charge on any atom is 0.224 e. The highest BCUT2D eigenvalue weighted by Crippen LogP contribution is 2.45. The van der Waals surface area contributed by atoms with Crippen molar-refractivity contribution in [1.29, 1.82) is 0 Å². The minimum Gasteiger partial charge on any atom is -0.494 e. The van der Waals surface area contributed by atoms with Crippen molar-refractivity contribution in [3.8, 4) is 11.6 Å². The van der Waals surface area contributed by atoms with Gasteiger partial charge in [0.2, 0.25) is 5.91 Å². The van der Waals surface area contributed by atoms with Crippen LogP contribution in [0.4, 0.5) is 11.4 Å². The van der Waals surface area contributed by atoms with Gasteiger partial charge in [-0.1, -0.05) is 19.1 Å². The Labute approximate surface area is 234 Å². The van der Waals surface area contributed by atoms with Crippen LogP contribution in [-0.2, 0) is 4.79 Å². The molecule has 0 unspecified atom stereocenters. The molecular formula is C30H32N6O2S. The Hall–Kier alpha value is -4.24. The average molecular weight is 541 g/mol. The molecule has 3 aromatic heterocycles. The molecule has 0 saturated carbocycles. The quantitative estimate of drug-likeness (QED) is 0.290. The van der Waals surface area contributed by atoms with Crippen molar-refractivity contribution in [2.75, 3.05) is 17.3 Å². The number of amides is 1. The highest BCUT2D eigenvalue weighted by Gasteiger charge is 2.42. The summed E-state index contributed by atoms with van der Waals surface area (Å²) in [5, 5.41) is 7.02. The standard InChI is InChI=1S/C30H32N6O2S/c1-6-27(37)33-23-12-11-21(16-25(23)38-5)36-29(28(34-30(36)39)24-9-7-8-14-31-24)22-15-19(3)35(20(22)4)26-13-10-18(2)17-32-26/h7-17,28-29H,6H2,1-5H3,(H,33,37)(H,34,39)/t28-,29+/m1/s1. The molecule has 200 valence electrons. The second kappa shape index (κ2) is 10.9. The lowest BCUT2D eigenvalue weighted by atomic mass is 9.96. The summed E-state index contributed by atoms with van der Waals surface area (Å²) in [6.45, 7) is 8.05. The fraction of sp³-hybridized carbons (Fsp3) is 0.267. The van der Waals surface area contributed by atoms with E-state index in [2.05, 4.69) is 56.0 Å². The van der Waals surface area contributed by atoms with E-state index in [4.69, 9.17) is 17.0 Å². The van der Waals surface area contributed by atoms with Crippen LogP contribution in [0, 0.1) is 20.8 Å². The number of hydrogen-bond donors (Lipinski definition) is 2. The average Bonchev–Trinajstić information content (AvgIpc) is 3.44. The minimum absolute atomic E-state index is 0.0790. The van der Waals surface area contributed by atoms with Crippen molar-refractivity contribution < 1.29 is 9.53 Å². The number of rotatable bonds is 7. The number of hydrogen-bond acceptors (Lipinski definition) is 5. The number of aryl methyl sites for hydroxylation is 2. The van der Waals surface area contributed by atoms with Gasteiger partial charge in [0.1, 0.15) is 11.6 Å². The van der Waals surface area contributed by atoms with E-state index in [1.807, 2.05) is 62.5 Å². The summed E-state index contributed by atoms with van der Waals surface area (Å²) in [6.07, 6.45) is 4.06. The van der Waals surface area contributed by atoms with E-state index < -0.39 is 0 Å². The number of anilines is 2. The molecule has 1 aromatic carbocycles. The molecule has 9 heteroatoms. The Kier molecular flexibility index (Phi) is 7.34. The maximum absolute atomic E-state index is 12.1. The Balaban J connectivity index is 1.64. The van der Waals surface area contributed by atoms with E-state index in [0.29, 0.717) is 23.0 Å². The van der Waals surface area contributed by atoms with Gasteiger partial charge in [-0.25, -0.2) is 4.98 Å². The fourth-order valence-corrected chi connectivity index (χ4v) is 5.50. The minimum atomic E-state index is -0.196. The maximum atomic E-state index is 12.1. The van der Waals surface area contributed by atoms with Crippen molar-refractivity contribution >= 4 is 34.6 Å². The van der Waals surface area contributed by atoms with Crippen molar-refractivity contribution in [3.63, 3.8) is 0 Å². The van der Waals surface area contributed by atoms with Gasteiger partial charge in [-0.05, 0) is 80.5 Å². The second-order valence-electron chi connectivity index (χ2n) is 9.64.